The van der Waals surface area contributed by atoms with E-state index in [9.17, 15) is 9.59 Å². The van der Waals surface area contributed by atoms with E-state index in [1.807, 2.05) is 13.8 Å². The molecule has 1 heterocycles. The monoisotopic (exact) mass is 272 g/mol. The molecular formula is C13H24N2O4. The van der Waals surface area contributed by atoms with Crippen molar-refractivity contribution in [2.24, 2.45) is 5.92 Å². The number of carbonyl (C=O) groups excluding carboxylic acids is 2. The summed E-state index contributed by atoms with van der Waals surface area (Å²) < 4.78 is 10.2. The number of ether oxygens (including phenoxy) is 2. The van der Waals surface area contributed by atoms with Gasteiger partial charge >= 0.3 is 5.97 Å². The van der Waals surface area contributed by atoms with Crippen LogP contribution in [0.5, 0.6) is 0 Å². The quantitative estimate of drug-likeness (QED) is 0.669. The predicted octanol–water partition coefficient (Wildman–Crippen LogP) is 0.0688. The summed E-state index contributed by atoms with van der Waals surface area (Å²) >= 11 is 0. The summed E-state index contributed by atoms with van der Waals surface area (Å²) in [5.41, 5.74) is 0. The van der Waals surface area contributed by atoms with Crippen LogP contribution in [0.2, 0.25) is 0 Å². The predicted molar refractivity (Wildman–Crippen MR) is 70.6 cm³/mol. The minimum absolute atomic E-state index is 0.00905. The van der Waals surface area contributed by atoms with E-state index in [1.54, 1.807) is 0 Å². The molecule has 2 N–H and O–H groups in total. The zero-order chi connectivity index (χ0) is 14.3. The number of hydrogen-bond donors (Lipinski definition) is 2. The number of rotatable bonds is 6. The Hall–Kier alpha value is -1.14. The van der Waals surface area contributed by atoms with Crippen molar-refractivity contribution in [1.29, 1.82) is 0 Å². The Bertz CT molecular complexity index is 301. The summed E-state index contributed by atoms with van der Waals surface area (Å²) in [6, 6.07) is -0.617. The van der Waals surface area contributed by atoms with Gasteiger partial charge in [-0.15, -0.1) is 0 Å². The number of methoxy groups -OCH3 is 1. The van der Waals surface area contributed by atoms with Gasteiger partial charge in [-0.3, -0.25) is 4.79 Å². The Kier molecular flexibility index (Phi) is 6.80. The van der Waals surface area contributed by atoms with E-state index < -0.39 is 12.0 Å². The van der Waals surface area contributed by atoms with Crippen LogP contribution in [-0.4, -0.2) is 50.8 Å². The standard InChI is InChI=1S/C13H24N2O4/c1-9(2)12(13(17)18-3)15-11(16)8-19-10-4-6-14-7-5-10/h9-10,12,14H,4-8H2,1-3H3,(H,15,16)/t12-/m0/s1. The van der Waals surface area contributed by atoms with Gasteiger partial charge in [0.1, 0.15) is 12.6 Å². The van der Waals surface area contributed by atoms with E-state index in [-0.39, 0.29) is 24.5 Å². The van der Waals surface area contributed by atoms with E-state index in [1.165, 1.54) is 7.11 Å². The van der Waals surface area contributed by atoms with Crippen molar-refractivity contribution < 1.29 is 19.1 Å². The first-order valence-corrected chi connectivity index (χ1v) is 6.74. The molecule has 1 atom stereocenters. The lowest BCUT2D eigenvalue weighted by atomic mass is 10.0. The lowest BCUT2D eigenvalue weighted by Crippen LogP contribution is -2.46. The van der Waals surface area contributed by atoms with E-state index in [0.29, 0.717) is 0 Å². The fourth-order valence-corrected chi connectivity index (χ4v) is 2.00. The summed E-state index contributed by atoms with van der Waals surface area (Å²) in [6.07, 6.45) is 1.96. The van der Waals surface area contributed by atoms with Crippen LogP contribution in [0.15, 0.2) is 0 Å². The molecule has 1 amide bonds. The Labute approximate surface area is 114 Å². The Morgan fingerprint density at radius 3 is 2.47 bits per heavy atom. The van der Waals surface area contributed by atoms with Crippen molar-refractivity contribution in [1.82, 2.24) is 10.6 Å². The minimum atomic E-state index is -0.617. The number of nitrogens with one attached hydrogen (secondary N) is 2. The fraction of sp³-hybridized carbons (Fsp3) is 0.846. The molecule has 0 bridgehead atoms. The second-order valence-corrected chi connectivity index (χ2v) is 5.07. The highest BCUT2D eigenvalue weighted by Gasteiger charge is 2.25. The second kappa shape index (κ2) is 8.12. The molecule has 6 nitrogen and oxygen atoms in total. The van der Waals surface area contributed by atoms with Gasteiger partial charge in [0.2, 0.25) is 5.91 Å². The molecule has 0 aromatic heterocycles. The van der Waals surface area contributed by atoms with Crippen molar-refractivity contribution in [3.63, 3.8) is 0 Å². The van der Waals surface area contributed by atoms with Crippen LogP contribution in [0, 0.1) is 5.92 Å². The molecule has 1 rings (SSSR count). The molecular weight excluding hydrogens is 248 g/mol. The van der Waals surface area contributed by atoms with E-state index in [0.717, 1.165) is 25.9 Å². The van der Waals surface area contributed by atoms with Crippen LogP contribution in [0.1, 0.15) is 26.7 Å². The van der Waals surface area contributed by atoms with Crippen LogP contribution in [-0.2, 0) is 19.1 Å². The summed E-state index contributed by atoms with van der Waals surface area (Å²) in [5.74, 6) is -0.719. The van der Waals surface area contributed by atoms with Gasteiger partial charge in [-0.25, -0.2) is 4.79 Å². The molecule has 6 heteroatoms. The normalized spacial score (nSPS) is 18.1. The van der Waals surface area contributed by atoms with Gasteiger partial charge in [-0.1, -0.05) is 13.8 Å². The Morgan fingerprint density at radius 1 is 1.32 bits per heavy atom. The molecule has 0 aliphatic carbocycles. The SMILES string of the molecule is COC(=O)[C@@H](NC(=O)COC1CCNCC1)C(C)C. The third-order valence-corrected chi connectivity index (χ3v) is 3.17. The molecule has 1 saturated heterocycles. The lowest BCUT2D eigenvalue weighted by molar-refractivity contribution is -0.147. The van der Waals surface area contributed by atoms with Crippen LogP contribution in [0.4, 0.5) is 0 Å². The van der Waals surface area contributed by atoms with Crippen molar-refractivity contribution in [2.75, 3.05) is 26.8 Å². The van der Waals surface area contributed by atoms with Gasteiger partial charge in [0.25, 0.3) is 0 Å². The van der Waals surface area contributed by atoms with Gasteiger partial charge in [-0.2, -0.15) is 0 Å². The van der Waals surface area contributed by atoms with Gasteiger partial charge in [0.05, 0.1) is 13.2 Å². The van der Waals surface area contributed by atoms with Crippen LogP contribution < -0.4 is 10.6 Å². The third-order valence-electron chi connectivity index (χ3n) is 3.17. The number of carbonyl (C=O) groups is 2. The summed E-state index contributed by atoms with van der Waals surface area (Å²) in [5, 5.41) is 5.88. The fourth-order valence-electron chi connectivity index (χ4n) is 2.00. The summed E-state index contributed by atoms with van der Waals surface area (Å²) in [6.45, 7) is 5.54. The average molecular weight is 272 g/mol. The number of hydrogen-bond acceptors (Lipinski definition) is 5. The van der Waals surface area contributed by atoms with E-state index in [4.69, 9.17) is 4.74 Å². The van der Waals surface area contributed by atoms with Gasteiger partial charge < -0.3 is 20.1 Å². The highest BCUT2D eigenvalue weighted by molar-refractivity contribution is 5.85. The number of piperidine rings is 1. The molecule has 0 unspecified atom stereocenters. The highest BCUT2D eigenvalue weighted by Crippen LogP contribution is 2.07. The van der Waals surface area contributed by atoms with Crippen molar-refractivity contribution in [3.8, 4) is 0 Å². The summed E-state index contributed by atoms with van der Waals surface area (Å²) in [4.78, 5) is 23.3. The Balaban J connectivity index is 2.33. The molecule has 110 valence electrons. The first kappa shape index (κ1) is 15.9. The molecule has 1 aliphatic rings. The van der Waals surface area contributed by atoms with Crippen LogP contribution in [0.3, 0.4) is 0 Å². The number of esters is 1. The molecule has 0 spiro atoms. The zero-order valence-corrected chi connectivity index (χ0v) is 11.9. The van der Waals surface area contributed by atoms with Gasteiger partial charge in [0.15, 0.2) is 0 Å². The molecule has 0 aromatic carbocycles. The average Bonchev–Trinajstić information content (AvgIpc) is 2.42. The molecule has 0 saturated carbocycles. The van der Waals surface area contributed by atoms with Crippen LogP contribution in [0.25, 0.3) is 0 Å². The minimum Gasteiger partial charge on any atom is -0.467 e. The third kappa shape index (κ3) is 5.57. The van der Waals surface area contributed by atoms with Gasteiger partial charge in [-0.05, 0) is 31.8 Å². The van der Waals surface area contributed by atoms with Crippen LogP contribution >= 0.6 is 0 Å². The number of amides is 1. The molecule has 0 aromatic rings. The second-order valence-electron chi connectivity index (χ2n) is 5.07. The van der Waals surface area contributed by atoms with Crippen molar-refractivity contribution in [3.05, 3.63) is 0 Å². The maximum atomic E-state index is 11.8. The molecule has 1 fully saturated rings. The van der Waals surface area contributed by atoms with Crippen molar-refractivity contribution in [2.45, 2.75) is 38.8 Å². The lowest BCUT2D eigenvalue weighted by Gasteiger charge is -2.24. The largest absolute Gasteiger partial charge is 0.467 e. The first-order chi connectivity index (χ1) is 9.04. The molecule has 19 heavy (non-hydrogen) atoms. The Morgan fingerprint density at radius 2 is 1.95 bits per heavy atom. The van der Waals surface area contributed by atoms with Crippen molar-refractivity contribution >= 4 is 11.9 Å². The molecule has 1 aliphatic heterocycles. The maximum absolute atomic E-state index is 11.8. The smallest absolute Gasteiger partial charge is 0.328 e. The highest BCUT2D eigenvalue weighted by atomic mass is 16.5. The first-order valence-electron chi connectivity index (χ1n) is 6.74. The topological polar surface area (TPSA) is 76.7 Å². The maximum Gasteiger partial charge on any atom is 0.328 e. The zero-order valence-electron chi connectivity index (χ0n) is 11.9. The van der Waals surface area contributed by atoms with Gasteiger partial charge in [0, 0.05) is 0 Å². The molecule has 0 radical (unpaired) electrons. The van der Waals surface area contributed by atoms with E-state index >= 15 is 0 Å². The van der Waals surface area contributed by atoms with E-state index in [2.05, 4.69) is 15.4 Å². The summed E-state index contributed by atoms with van der Waals surface area (Å²) in [7, 11) is 1.31.